The standard InChI is InChI=1S/C18H36F3N5.HI/c1-5-22-17(23-10-8-9-11-24(6-2)7-3)26-14-12-25(13-15-26)16(4)18(19,20)21;/h16H,5-15H2,1-4H3,(H,22,23);1H. The Morgan fingerprint density at radius 2 is 1.67 bits per heavy atom. The molecule has 1 rings (SSSR count). The zero-order chi connectivity index (χ0) is 19.6. The maximum Gasteiger partial charge on any atom is 0.403 e. The van der Waals surface area contributed by atoms with Crippen molar-refractivity contribution in [1.82, 2.24) is 20.0 Å². The predicted octanol–water partition coefficient (Wildman–Crippen LogP) is 3.26. The molecular formula is C18H37F3IN5. The van der Waals surface area contributed by atoms with Crippen molar-refractivity contribution in [3.05, 3.63) is 0 Å². The summed E-state index contributed by atoms with van der Waals surface area (Å²) in [4.78, 5) is 10.7. The van der Waals surface area contributed by atoms with Gasteiger partial charge in [0.05, 0.1) is 0 Å². The van der Waals surface area contributed by atoms with Gasteiger partial charge in [-0.3, -0.25) is 9.89 Å². The Kier molecular flexibility index (Phi) is 13.7. The summed E-state index contributed by atoms with van der Waals surface area (Å²) in [6.07, 6.45) is -2.02. The minimum Gasteiger partial charge on any atom is -0.357 e. The summed E-state index contributed by atoms with van der Waals surface area (Å²) in [7, 11) is 0. The largest absolute Gasteiger partial charge is 0.403 e. The lowest BCUT2D eigenvalue weighted by Gasteiger charge is -2.39. The molecule has 162 valence electrons. The summed E-state index contributed by atoms with van der Waals surface area (Å²) < 4.78 is 38.6. The molecule has 0 aromatic rings. The van der Waals surface area contributed by atoms with Crippen LogP contribution in [0.4, 0.5) is 13.2 Å². The van der Waals surface area contributed by atoms with Gasteiger partial charge in [0, 0.05) is 39.3 Å². The summed E-state index contributed by atoms with van der Waals surface area (Å²) in [6, 6.07) is -1.38. The van der Waals surface area contributed by atoms with Gasteiger partial charge in [-0.05, 0) is 46.3 Å². The molecule has 0 spiro atoms. The van der Waals surface area contributed by atoms with Gasteiger partial charge in [0.2, 0.25) is 0 Å². The lowest BCUT2D eigenvalue weighted by molar-refractivity contribution is -0.181. The third-order valence-electron chi connectivity index (χ3n) is 5.01. The lowest BCUT2D eigenvalue weighted by Crippen LogP contribution is -2.56. The van der Waals surface area contributed by atoms with E-state index in [-0.39, 0.29) is 24.0 Å². The quantitative estimate of drug-likeness (QED) is 0.225. The van der Waals surface area contributed by atoms with E-state index in [0.717, 1.165) is 51.5 Å². The number of halogens is 4. The number of rotatable bonds is 9. The second-order valence-electron chi connectivity index (χ2n) is 6.71. The van der Waals surface area contributed by atoms with E-state index in [1.165, 1.54) is 11.8 Å². The first-order valence-corrected chi connectivity index (χ1v) is 9.89. The number of piperazine rings is 1. The van der Waals surface area contributed by atoms with Gasteiger partial charge in [-0.25, -0.2) is 0 Å². The second-order valence-corrected chi connectivity index (χ2v) is 6.71. The summed E-state index contributed by atoms with van der Waals surface area (Å²) in [5.41, 5.74) is 0. The van der Waals surface area contributed by atoms with E-state index in [4.69, 9.17) is 0 Å². The Balaban J connectivity index is 0.00000676. The van der Waals surface area contributed by atoms with E-state index in [1.54, 1.807) is 0 Å². The highest BCUT2D eigenvalue weighted by Gasteiger charge is 2.41. The van der Waals surface area contributed by atoms with Crippen LogP contribution in [0, 0.1) is 0 Å². The molecule has 1 saturated heterocycles. The Morgan fingerprint density at radius 3 is 2.15 bits per heavy atom. The first-order chi connectivity index (χ1) is 12.3. The van der Waals surface area contributed by atoms with Gasteiger partial charge in [0.1, 0.15) is 6.04 Å². The zero-order valence-corrected chi connectivity index (χ0v) is 19.5. The molecule has 1 unspecified atom stereocenters. The number of hydrogen-bond acceptors (Lipinski definition) is 3. The van der Waals surface area contributed by atoms with Crippen LogP contribution in [-0.2, 0) is 0 Å². The predicted molar refractivity (Wildman–Crippen MR) is 117 cm³/mol. The van der Waals surface area contributed by atoms with E-state index in [9.17, 15) is 13.2 Å². The molecular weight excluding hydrogens is 470 g/mol. The van der Waals surface area contributed by atoms with E-state index >= 15 is 0 Å². The number of nitrogens with one attached hydrogen (secondary N) is 1. The molecule has 5 nitrogen and oxygen atoms in total. The average Bonchev–Trinajstić information content (AvgIpc) is 2.62. The van der Waals surface area contributed by atoms with E-state index in [1.807, 2.05) is 6.92 Å². The number of aliphatic imine (C=N–C) groups is 1. The molecule has 1 aliphatic heterocycles. The Bertz CT molecular complexity index is 408. The Labute approximate surface area is 179 Å². The maximum absolute atomic E-state index is 12.9. The van der Waals surface area contributed by atoms with Crippen LogP contribution in [0.25, 0.3) is 0 Å². The van der Waals surface area contributed by atoms with E-state index in [2.05, 4.69) is 34.0 Å². The smallest absolute Gasteiger partial charge is 0.357 e. The van der Waals surface area contributed by atoms with Gasteiger partial charge in [0.15, 0.2) is 5.96 Å². The van der Waals surface area contributed by atoms with Crippen LogP contribution in [0.15, 0.2) is 4.99 Å². The molecule has 0 bridgehead atoms. The van der Waals surface area contributed by atoms with Crippen LogP contribution in [-0.4, -0.2) is 91.8 Å². The van der Waals surface area contributed by atoms with Gasteiger partial charge in [-0.1, -0.05) is 13.8 Å². The number of nitrogens with zero attached hydrogens (tertiary/aromatic N) is 4. The average molecular weight is 507 g/mol. The summed E-state index contributed by atoms with van der Waals surface area (Å²) >= 11 is 0. The lowest BCUT2D eigenvalue weighted by atomic mass is 10.2. The third kappa shape index (κ3) is 9.65. The van der Waals surface area contributed by atoms with Crippen molar-refractivity contribution < 1.29 is 13.2 Å². The van der Waals surface area contributed by atoms with Crippen LogP contribution in [0.3, 0.4) is 0 Å². The Morgan fingerprint density at radius 1 is 1.07 bits per heavy atom. The molecule has 1 fully saturated rings. The van der Waals surface area contributed by atoms with Gasteiger partial charge in [0.25, 0.3) is 0 Å². The van der Waals surface area contributed by atoms with Gasteiger partial charge < -0.3 is 15.1 Å². The molecule has 1 heterocycles. The number of guanidine groups is 1. The van der Waals surface area contributed by atoms with Crippen molar-refractivity contribution in [2.24, 2.45) is 4.99 Å². The molecule has 0 saturated carbocycles. The highest BCUT2D eigenvalue weighted by atomic mass is 127. The van der Waals surface area contributed by atoms with Crippen molar-refractivity contribution in [2.45, 2.75) is 52.8 Å². The minimum absolute atomic E-state index is 0. The van der Waals surface area contributed by atoms with Crippen LogP contribution < -0.4 is 5.32 Å². The fraction of sp³-hybridized carbons (Fsp3) is 0.944. The zero-order valence-electron chi connectivity index (χ0n) is 17.2. The fourth-order valence-electron chi connectivity index (χ4n) is 3.13. The molecule has 0 aromatic carbocycles. The molecule has 0 aromatic heterocycles. The topological polar surface area (TPSA) is 34.1 Å². The van der Waals surface area contributed by atoms with Crippen molar-refractivity contribution >= 4 is 29.9 Å². The van der Waals surface area contributed by atoms with E-state index in [0.29, 0.717) is 26.2 Å². The SMILES string of the molecule is CCNC(=NCCCCN(CC)CC)N1CCN(C(C)C(F)(F)F)CC1.I. The molecule has 1 N–H and O–H groups in total. The number of alkyl halides is 3. The first kappa shape index (κ1) is 26.7. The van der Waals surface area contributed by atoms with Crippen molar-refractivity contribution in [1.29, 1.82) is 0 Å². The fourth-order valence-corrected chi connectivity index (χ4v) is 3.13. The Hall–Kier alpha value is -0.290. The number of unbranched alkanes of at least 4 members (excludes halogenated alkanes) is 1. The molecule has 1 aliphatic rings. The van der Waals surface area contributed by atoms with Crippen LogP contribution in [0.1, 0.15) is 40.5 Å². The summed E-state index contributed by atoms with van der Waals surface area (Å²) in [5.74, 6) is 0.828. The second kappa shape index (κ2) is 13.8. The third-order valence-corrected chi connectivity index (χ3v) is 5.01. The molecule has 27 heavy (non-hydrogen) atoms. The minimum atomic E-state index is -4.16. The molecule has 0 aliphatic carbocycles. The first-order valence-electron chi connectivity index (χ1n) is 9.89. The normalized spacial score (nSPS) is 17.8. The highest BCUT2D eigenvalue weighted by molar-refractivity contribution is 14.0. The van der Waals surface area contributed by atoms with Crippen LogP contribution in [0.2, 0.25) is 0 Å². The van der Waals surface area contributed by atoms with Gasteiger partial charge in [-0.15, -0.1) is 24.0 Å². The van der Waals surface area contributed by atoms with Crippen LogP contribution in [0.5, 0.6) is 0 Å². The molecule has 0 radical (unpaired) electrons. The number of hydrogen-bond donors (Lipinski definition) is 1. The maximum atomic E-state index is 12.9. The molecule has 1 atom stereocenters. The van der Waals surface area contributed by atoms with Crippen LogP contribution >= 0.6 is 24.0 Å². The summed E-state index contributed by atoms with van der Waals surface area (Å²) in [5, 5.41) is 3.27. The van der Waals surface area contributed by atoms with Crippen molar-refractivity contribution in [3.63, 3.8) is 0 Å². The highest BCUT2D eigenvalue weighted by Crippen LogP contribution is 2.25. The summed E-state index contributed by atoms with van der Waals surface area (Å²) in [6.45, 7) is 14.3. The van der Waals surface area contributed by atoms with Crippen molar-refractivity contribution in [3.8, 4) is 0 Å². The van der Waals surface area contributed by atoms with E-state index < -0.39 is 12.2 Å². The molecule has 9 heteroatoms. The van der Waals surface area contributed by atoms with Gasteiger partial charge in [-0.2, -0.15) is 13.2 Å². The molecule has 0 amide bonds. The monoisotopic (exact) mass is 507 g/mol. The van der Waals surface area contributed by atoms with Gasteiger partial charge >= 0.3 is 6.18 Å². The van der Waals surface area contributed by atoms with Crippen molar-refractivity contribution in [2.75, 3.05) is 58.9 Å².